The van der Waals surface area contributed by atoms with Crippen LogP contribution >= 0.6 is 0 Å². The van der Waals surface area contributed by atoms with E-state index in [0.29, 0.717) is 24.4 Å². The molecule has 2 aliphatic heterocycles. The molecule has 2 atom stereocenters. The molecule has 1 aromatic carbocycles. The third kappa shape index (κ3) is 4.61. The zero-order chi connectivity index (χ0) is 22.8. The van der Waals surface area contributed by atoms with Crippen LogP contribution in [0.5, 0.6) is 0 Å². The molecule has 33 heavy (non-hydrogen) atoms. The first kappa shape index (κ1) is 21.6. The summed E-state index contributed by atoms with van der Waals surface area (Å²) in [7, 11) is 0. The monoisotopic (exact) mass is 444 g/mol. The number of carbonyl (C=O) groups excluding carboxylic acids is 1. The maximum Gasteiger partial charge on any atom is 0.254 e. The molecule has 6 heteroatoms. The predicted molar refractivity (Wildman–Crippen MR) is 127 cm³/mol. The van der Waals surface area contributed by atoms with Gasteiger partial charge in [-0.3, -0.25) is 9.78 Å². The second-order valence-electron chi connectivity index (χ2n) is 9.19. The first-order valence-electron chi connectivity index (χ1n) is 11.8. The van der Waals surface area contributed by atoms with Gasteiger partial charge >= 0.3 is 0 Å². The van der Waals surface area contributed by atoms with Crippen LogP contribution in [-0.4, -0.2) is 40.4 Å². The van der Waals surface area contributed by atoms with Gasteiger partial charge in [-0.15, -0.1) is 0 Å². The Bertz CT molecular complexity index is 1140. The minimum Gasteiger partial charge on any atom is -0.356 e. The number of hydrogen-bond donors (Lipinski definition) is 0. The van der Waals surface area contributed by atoms with Crippen LogP contribution in [0.15, 0.2) is 61.1 Å². The molecule has 0 saturated carbocycles. The number of rotatable bonds is 4. The average molecular weight is 445 g/mol. The number of benzene rings is 1. The molecular formula is C27H29FN4O. The molecule has 4 heterocycles. The highest BCUT2D eigenvalue weighted by Crippen LogP contribution is 2.32. The largest absolute Gasteiger partial charge is 0.356 e. The standard InChI is InChI=1S/C27H29FN4O/c1-19-25-7-6-24(28)15-22(25)9-13-32(19)27(33)23-8-11-30-26(16-23)31-12-3-5-21(18-31)14-20-4-2-10-29-17-20/h2,4,6-8,10-11,15-17,19,21H,3,5,9,12-14,18H2,1H3. The molecule has 0 spiro atoms. The van der Waals surface area contributed by atoms with Gasteiger partial charge in [-0.25, -0.2) is 9.37 Å². The molecular weight excluding hydrogens is 415 g/mol. The first-order chi connectivity index (χ1) is 16.1. The van der Waals surface area contributed by atoms with E-state index in [2.05, 4.69) is 20.9 Å². The highest BCUT2D eigenvalue weighted by molar-refractivity contribution is 5.95. The lowest BCUT2D eigenvalue weighted by Gasteiger charge is -2.36. The number of carbonyl (C=O) groups is 1. The fourth-order valence-corrected chi connectivity index (χ4v) is 5.26. The van der Waals surface area contributed by atoms with Crippen LogP contribution in [0, 0.1) is 11.7 Å². The van der Waals surface area contributed by atoms with Gasteiger partial charge in [0.15, 0.2) is 0 Å². The number of nitrogens with zero attached hydrogens (tertiary/aromatic N) is 4. The molecule has 0 radical (unpaired) electrons. The maximum absolute atomic E-state index is 13.6. The van der Waals surface area contributed by atoms with E-state index >= 15 is 0 Å². The van der Waals surface area contributed by atoms with Gasteiger partial charge in [0.2, 0.25) is 0 Å². The van der Waals surface area contributed by atoms with Crippen molar-refractivity contribution < 1.29 is 9.18 Å². The number of piperidine rings is 1. The van der Waals surface area contributed by atoms with E-state index in [1.807, 2.05) is 42.4 Å². The summed E-state index contributed by atoms with van der Waals surface area (Å²) in [4.78, 5) is 26.5. The molecule has 1 saturated heterocycles. The molecule has 170 valence electrons. The quantitative estimate of drug-likeness (QED) is 0.578. The fraction of sp³-hybridized carbons (Fsp3) is 0.370. The molecule has 1 fully saturated rings. The third-order valence-electron chi connectivity index (χ3n) is 6.99. The molecule has 0 aliphatic carbocycles. The first-order valence-corrected chi connectivity index (χ1v) is 11.8. The van der Waals surface area contributed by atoms with Crippen molar-refractivity contribution in [3.05, 3.63) is 89.1 Å². The van der Waals surface area contributed by atoms with Crippen molar-refractivity contribution in [3.8, 4) is 0 Å². The molecule has 0 N–H and O–H groups in total. The van der Waals surface area contributed by atoms with Crippen molar-refractivity contribution in [3.63, 3.8) is 0 Å². The predicted octanol–water partition coefficient (Wildman–Crippen LogP) is 4.83. The Balaban J connectivity index is 1.30. The minimum atomic E-state index is -0.220. The van der Waals surface area contributed by atoms with Gasteiger partial charge in [0.25, 0.3) is 5.91 Å². The number of hydrogen-bond acceptors (Lipinski definition) is 4. The molecule has 0 bridgehead atoms. The Hall–Kier alpha value is -3.28. The minimum absolute atomic E-state index is 0.00467. The summed E-state index contributed by atoms with van der Waals surface area (Å²) < 4.78 is 13.6. The van der Waals surface area contributed by atoms with E-state index < -0.39 is 0 Å². The van der Waals surface area contributed by atoms with Gasteiger partial charge in [0.1, 0.15) is 11.6 Å². The van der Waals surface area contributed by atoms with Crippen LogP contribution in [0.3, 0.4) is 0 Å². The lowest BCUT2D eigenvalue weighted by molar-refractivity contribution is 0.0677. The number of pyridine rings is 2. The lowest BCUT2D eigenvalue weighted by Crippen LogP contribution is -2.39. The third-order valence-corrected chi connectivity index (χ3v) is 6.99. The van der Waals surface area contributed by atoms with Crippen molar-refractivity contribution in [1.82, 2.24) is 14.9 Å². The van der Waals surface area contributed by atoms with E-state index in [1.165, 1.54) is 18.1 Å². The van der Waals surface area contributed by atoms with Crippen LogP contribution in [0.1, 0.15) is 52.9 Å². The molecule has 2 aliphatic rings. The highest BCUT2D eigenvalue weighted by atomic mass is 19.1. The molecule has 2 unspecified atom stereocenters. The Morgan fingerprint density at radius 2 is 2.06 bits per heavy atom. The average Bonchev–Trinajstić information content (AvgIpc) is 2.85. The summed E-state index contributed by atoms with van der Waals surface area (Å²) in [5.41, 5.74) is 3.95. The smallest absolute Gasteiger partial charge is 0.254 e. The van der Waals surface area contributed by atoms with E-state index in [4.69, 9.17) is 0 Å². The number of anilines is 1. The van der Waals surface area contributed by atoms with Gasteiger partial charge < -0.3 is 9.80 Å². The summed E-state index contributed by atoms with van der Waals surface area (Å²) in [6.45, 7) is 4.49. The molecule has 2 aromatic heterocycles. The lowest BCUT2D eigenvalue weighted by atomic mass is 9.91. The summed E-state index contributed by atoms with van der Waals surface area (Å²) in [6, 6.07) is 12.7. The van der Waals surface area contributed by atoms with Crippen molar-refractivity contribution in [2.24, 2.45) is 5.92 Å². The Labute approximate surface area is 194 Å². The second kappa shape index (κ2) is 9.30. The Kier molecular flexibility index (Phi) is 6.07. The Morgan fingerprint density at radius 3 is 2.91 bits per heavy atom. The SMILES string of the molecule is CC1c2ccc(F)cc2CCN1C(=O)c1ccnc(N2CCCC(Cc3cccnc3)C2)c1. The number of aromatic nitrogens is 2. The molecule has 5 rings (SSSR count). The van der Waals surface area contributed by atoms with Gasteiger partial charge in [0, 0.05) is 43.8 Å². The Morgan fingerprint density at radius 1 is 1.15 bits per heavy atom. The van der Waals surface area contributed by atoms with Crippen LogP contribution < -0.4 is 4.90 Å². The summed E-state index contributed by atoms with van der Waals surface area (Å²) >= 11 is 0. The van der Waals surface area contributed by atoms with E-state index in [9.17, 15) is 9.18 Å². The van der Waals surface area contributed by atoms with Crippen LogP contribution in [-0.2, 0) is 12.8 Å². The maximum atomic E-state index is 13.6. The summed E-state index contributed by atoms with van der Waals surface area (Å²) in [6.07, 6.45) is 9.48. The van der Waals surface area contributed by atoms with Crippen molar-refractivity contribution >= 4 is 11.7 Å². The number of halogens is 1. The van der Waals surface area contributed by atoms with Crippen LogP contribution in [0.25, 0.3) is 0 Å². The van der Waals surface area contributed by atoms with Gasteiger partial charge in [-0.1, -0.05) is 12.1 Å². The van der Waals surface area contributed by atoms with Gasteiger partial charge in [-0.05, 0) is 85.5 Å². The number of amides is 1. The highest BCUT2D eigenvalue weighted by Gasteiger charge is 2.29. The number of fused-ring (bicyclic) bond motifs is 1. The van der Waals surface area contributed by atoms with Crippen molar-refractivity contribution in [2.75, 3.05) is 24.5 Å². The zero-order valence-corrected chi connectivity index (χ0v) is 19.0. The zero-order valence-electron chi connectivity index (χ0n) is 19.0. The van der Waals surface area contributed by atoms with Crippen LogP contribution in [0.4, 0.5) is 10.2 Å². The van der Waals surface area contributed by atoms with E-state index in [-0.39, 0.29) is 17.8 Å². The topological polar surface area (TPSA) is 49.3 Å². The van der Waals surface area contributed by atoms with Crippen molar-refractivity contribution in [1.29, 1.82) is 0 Å². The molecule has 5 nitrogen and oxygen atoms in total. The van der Waals surface area contributed by atoms with Crippen molar-refractivity contribution in [2.45, 2.75) is 38.6 Å². The summed E-state index contributed by atoms with van der Waals surface area (Å²) in [5, 5.41) is 0. The van der Waals surface area contributed by atoms with E-state index in [1.54, 1.807) is 18.3 Å². The molecule has 3 aromatic rings. The fourth-order valence-electron chi connectivity index (χ4n) is 5.26. The summed E-state index contributed by atoms with van der Waals surface area (Å²) in [5.74, 6) is 1.19. The molecule has 1 amide bonds. The van der Waals surface area contributed by atoms with Gasteiger partial charge in [0.05, 0.1) is 6.04 Å². The van der Waals surface area contributed by atoms with Crippen LogP contribution in [0.2, 0.25) is 0 Å². The normalized spacial score (nSPS) is 20.4. The second-order valence-corrected chi connectivity index (χ2v) is 9.19. The van der Waals surface area contributed by atoms with Gasteiger partial charge in [-0.2, -0.15) is 0 Å². The van der Waals surface area contributed by atoms with E-state index in [0.717, 1.165) is 42.9 Å².